The molecule has 1 heterocycles. The van der Waals surface area contributed by atoms with E-state index < -0.39 is 11.9 Å². The van der Waals surface area contributed by atoms with Crippen LogP contribution in [-0.2, 0) is 9.59 Å². The van der Waals surface area contributed by atoms with Crippen LogP contribution in [0.4, 0.5) is 15.8 Å². The number of hydrogen-bond acceptors (Lipinski definition) is 4. The Morgan fingerprint density at radius 2 is 1.96 bits per heavy atom. The Labute approximate surface area is 144 Å². The Balaban J connectivity index is 1.85. The molecule has 0 unspecified atom stereocenters. The van der Waals surface area contributed by atoms with Crippen molar-refractivity contribution in [3.05, 3.63) is 59.4 Å². The van der Waals surface area contributed by atoms with Crippen LogP contribution in [0.3, 0.4) is 0 Å². The summed E-state index contributed by atoms with van der Waals surface area (Å²) in [6.07, 6.45) is -0.0000508. The van der Waals surface area contributed by atoms with Crippen molar-refractivity contribution in [3.63, 3.8) is 0 Å². The number of carbonyl (C=O) groups is 3. The number of Topliss-reactive ketones (excluding diaryl/α,β-unsaturated/α-hetero) is 1. The molecule has 0 saturated carbocycles. The quantitative estimate of drug-likeness (QED) is 0.686. The minimum atomic E-state index is -0.724. The molecule has 6 heteroatoms. The van der Waals surface area contributed by atoms with Crippen LogP contribution in [0.15, 0.2) is 42.5 Å². The molecule has 0 radical (unpaired) electrons. The van der Waals surface area contributed by atoms with Crippen LogP contribution >= 0.6 is 0 Å². The maximum absolute atomic E-state index is 13.2. The molecule has 1 fully saturated rings. The normalized spacial score (nSPS) is 17.1. The van der Waals surface area contributed by atoms with E-state index in [0.717, 1.165) is 4.90 Å². The van der Waals surface area contributed by atoms with Gasteiger partial charge in [-0.25, -0.2) is 9.29 Å². The van der Waals surface area contributed by atoms with Crippen LogP contribution in [0.25, 0.3) is 0 Å². The Morgan fingerprint density at radius 3 is 2.64 bits per heavy atom. The number of aryl methyl sites for hydroxylation is 1. The fourth-order valence-corrected chi connectivity index (χ4v) is 2.86. The van der Waals surface area contributed by atoms with E-state index >= 15 is 0 Å². The van der Waals surface area contributed by atoms with Crippen LogP contribution in [0.1, 0.15) is 29.3 Å². The molecule has 1 atom stereocenters. The average molecular weight is 340 g/mol. The van der Waals surface area contributed by atoms with Gasteiger partial charge in [-0.2, -0.15) is 0 Å². The Kier molecular flexibility index (Phi) is 4.35. The lowest BCUT2D eigenvalue weighted by Gasteiger charge is -2.17. The molecular formula is C19H17FN2O3. The summed E-state index contributed by atoms with van der Waals surface area (Å²) in [5.41, 5.74) is 2.07. The van der Waals surface area contributed by atoms with Gasteiger partial charge in [-0.1, -0.05) is 12.1 Å². The molecule has 1 N–H and O–H groups in total. The van der Waals surface area contributed by atoms with E-state index in [1.807, 2.05) is 0 Å². The molecule has 128 valence electrons. The zero-order valence-electron chi connectivity index (χ0n) is 13.9. The van der Waals surface area contributed by atoms with Crippen molar-refractivity contribution in [3.8, 4) is 0 Å². The van der Waals surface area contributed by atoms with Gasteiger partial charge < -0.3 is 5.32 Å². The predicted molar refractivity (Wildman–Crippen MR) is 92.1 cm³/mol. The summed E-state index contributed by atoms with van der Waals surface area (Å²) >= 11 is 0. The topological polar surface area (TPSA) is 66.5 Å². The fraction of sp³-hybridized carbons (Fsp3) is 0.211. The van der Waals surface area contributed by atoms with E-state index in [1.54, 1.807) is 31.2 Å². The Bertz CT molecular complexity index is 879. The molecule has 0 aromatic heterocycles. The number of rotatable bonds is 4. The van der Waals surface area contributed by atoms with Crippen molar-refractivity contribution < 1.29 is 18.8 Å². The van der Waals surface area contributed by atoms with Crippen LogP contribution in [-0.4, -0.2) is 23.6 Å². The number of amides is 2. The SMILES string of the molecule is CC(=O)c1cccc(N2C(=O)C[C@H](Nc3ccc(F)cc3C)C2=O)c1. The zero-order valence-corrected chi connectivity index (χ0v) is 13.9. The first-order chi connectivity index (χ1) is 11.9. The van der Waals surface area contributed by atoms with Crippen molar-refractivity contribution in [2.45, 2.75) is 26.3 Å². The van der Waals surface area contributed by atoms with E-state index in [4.69, 9.17) is 0 Å². The van der Waals surface area contributed by atoms with Crippen molar-refractivity contribution >= 4 is 29.0 Å². The second kappa shape index (κ2) is 6.47. The molecule has 5 nitrogen and oxygen atoms in total. The zero-order chi connectivity index (χ0) is 18.1. The monoisotopic (exact) mass is 340 g/mol. The summed E-state index contributed by atoms with van der Waals surface area (Å²) in [5, 5.41) is 3.01. The van der Waals surface area contributed by atoms with Crippen molar-refractivity contribution in [2.24, 2.45) is 0 Å². The van der Waals surface area contributed by atoms with Gasteiger partial charge >= 0.3 is 0 Å². The Hall–Kier alpha value is -3.02. The molecule has 1 aliphatic heterocycles. The largest absolute Gasteiger partial charge is 0.373 e. The van der Waals surface area contributed by atoms with Gasteiger partial charge in [0.1, 0.15) is 11.9 Å². The van der Waals surface area contributed by atoms with Gasteiger partial charge in [0.25, 0.3) is 5.91 Å². The van der Waals surface area contributed by atoms with E-state index in [-0.39, 0.29) is 23.9 Å². The predicted octanol–water partition coefficient (Wildman–Crippen LogP) is 3.08. The number of hydrogen-bond donors (Lipinski definition) is 1. The van der Waals surface area contributed by atoms with E-state index in [2.05, 4.69) is 5.32 Å². The highest BCUT2D eigenvalue weighted by atomic mass is 19.1. The first kappa shape index (κ1) is 16.8. The highest BCUT2D eigenvalue weighted by Crippen LogP contribution is 2.27. The first-order valence-corrected chi connectivity index (χ1v) is 7.87. The second-order valence-corrected chi connectivity index (χ2v) is 6.03. The minimum absolute atomic E-state index is 0.0000508. The van der Waals surface area contributed by atoms with E-state index in [0.29, 0.717) is 22.5 Å². The van der Waals surface area contributed by atoms with Crippen LogP contribution in [0.2, 0.25) is 0 Å². The highest BCUT2D eigenvalue weighted by molar-refractivity contribution is 6.23. The van der Waals surface area contributed by atoms with Gasteiger partial charge in [-0.05, 0) is 49.7 Å². The number of benzene rings is 2. The number of nitrogens with one attached hydrogen (secondary N) is 1. The number of anilines is 2. The molecule has 2 aromatic rings. The molecule has 0 aliphatic carbocycles. The van der Waals surface area contributed by atoms with Gasteiger partial charge in [-0.3, -0.25) is 14.4 Å². The van der Waals surface area contributed by atoms with E-state index in [1.165, 1.54) is 25.1 Å². The third kappa shape index (κ3) is 3.28. The maximum atomic E-state index is 13.2. The van der Waals surface area contributed by atoms with Gasteiger partial charge in [-0.15, -0.1) is 0 Å². The number of nitrogens with zero attached hydrogens (tertiary/aromatic N) is 1. The molecule has 1 aliphatic rings. The van der Waals surface area contributed by atoms with Crippen LogP contribution in [0.5, 0.6) is 0 Å². The molecule has 0 bridgehead atoms. The number of ketones is 1. The lowest BCUT2D eigenvalue weighted by molar-refractivity contribution is -0.121. The molecule has 1 saturated heterocycles. The standard InChI is InChI=1S/C19H17FN2O3/c1-11-8-14(20)6-7-16(11)21-17-10-18(24)22(19(17)25)15-5-3-4-13(9-15)12(2)23/h3-9,17,21H,10H2,1-2H3/t17-/m0/s1. The fourth-order valence-electron chi connectivity index (χ4n) is 2.86. The average Bonchev–Trinajstić information content (AvgIpc) is 2.84. The number of imide groups is 1. The minimum Gasteiger partial charge on any atom is -0.373 e. The summed E-state index contributed by atoms with van der Waals surface area (Å²) in [6.45, 7) is 3.15. The second-order valence-electron chi connectivity index (χ2n) is 6.03. The molecule has 0 spiro atoms. The summed E-state index contributed by atoms with van der Waals surface area (Å²) in [5.74, 6) is -1.24. The van der Waals surface area contributed by atoms with Gasteiger partial charge in [0.05, 0.1) is 12.1 Å². The molecule has 2 amide bonds. The summed E-state index contributed by atoms with van der Waals surface area (Å²) in [4.78, 5) is 37.6. The van der Waals surface area contributed by atoms with Crippen LogP contribution < -0.4 is 10.2 Å². The molecule has 2 aromatic carbocycles. The van der Waals surface area contributed by atoms with Gasteiger partial charge in [0, 0.05) is 11.3 Å². The van der Waals surface area contributed by atoms with Crippen molar-refractivity contribution in [1.29, 1.82) is 0 Å². The molecular weight excluding hydrogens is 323 g/mol. The van der Waals surface area contributed by atoms with Crippen molar-refractivity contribution in [2.75, 3.05) is 10.2 Å². The van der Waals surface area contributed by atoms with Gasteiger partial charge in [0.2, 0.25) is 5.91 Å². The molecule has 3 rings (SSSR count). The van der Waals surface area contributed by atoms with Gasteiger partial charge in [0.15, 0.2) is 5.78 Å². The number of carbonyl (C=O) groups excluding carboxylic acids is 3. The third-order valence-electron chi connectivity index (χ3n) is 4.18. The summed E-state index contributed by atoms with van der Waals surface area (Å²) in [6, 6.07) is 9.89. The lowest BCUT2D eigenvalue weighted by Crippen LogP contribution is -2.35. The highest BCUT2D eigenvalue weighted by Gasteiger charge is 2.39. The third-order valence-corrected chi connectivity index (χ3v) is 4.18. The van der Waals surface area contributed by atoms with Crippen LogP contribution in [0, 0.1) is 12.7 Å². The lowest BCUT2D eigenvalue weighted by atomic mass is 10.1. The van der Waals surface area contributed by atoms with Crippen molar-refractivity contribution in [1.82, 2.24) is 0 Å². The smallest absolute Gasteiger partial charge is 0.256 e. The van der Waals surface area contributed by atoms with E-state index in [9.17, 15) is 18.8 Å². The first-order valence-electron chi connectivity index (χ1n) is 7.87. The molecule has 25 heavy (non-hydrogen) atoms. The summed E-state index contributed by atoms with van der Waals surface area (Å²) < 4.78 is 13.2. The Morgan fingerprint density at radius 1 is 1.20 bits per heavy atom. The maximum Gasteiger partial charge on any atom is 0.256 e. The summed E-state index contributed by atoms with van der Waals surface area (Å²) in [7, 11) is 0. The number of halogens is 1.